The summed E-state index contributed by atoms with van der Waals surface area (Å²) < 4.78 is 13.5. The van der Waals surface area contributed by atoms with E-state index in [1.54, 1.807) is 12.1 Å². The molecular formula is C17H19FN2. The maximum atomic E-state index is 13.5. The van der Waals surface area contributed by atoms with Crippen LogP contribution in [0.1, 0.15) is 37.2 Å². The maximum Gasteiger partial charge on any atom is 0.123 e. The number of pyridine rings is 1. The van der Waals surface area contributed by atoms with E-state index in [0.29, 0.717) is 11.3 Å². The van der Waals surface area contributed by atoms with Gasteiger partial charge in [-0.05, 0) is 66.8 Å². The number of aromatic nitrogens is 1. The Morgan fingerprint density at radius 1 is 1.15 bits per heavy atom. The van der Waals surface area contributed by atoms with Crippen molar-refractivity contribution in [3.63, 3.8) is 0 Å². The summed E-state index contributed by atoms with van der Waals surface area (Å²) in [5, 5.41) is 4.40. The summed E-state index contributed by atoms with van der Waals surface area (Å²) >= 11 is 0. The Hall–Kier alpha value is -1.48. The molecule has 4 rings (SSSR count). The van der Waals surface area contributed by atoms with E-state index in [0.717, 1.165) is 10.9 Å². The van der Waals surface area contributed by atoms with Crippen molar-refractivity contribution in [1.82, 2.24) is 10.3 Å². The first kappa shape index (κ1) is 12.3. The topological polar surface area (TPSA) is 24.9 Å². The lowest BCUT2D eigenvalue weighted by molar-refractivity contribution is 0.0977. The molecule has 1 aromatic heterocycles. The predicted octanol–water partition coefficient (Wildman–Crippen LogP) is 3.62. The minimum atomic E-state index is -0.165. The van der Waals surface area contributed by atoms with E-state index in [1.807, 2.05) is 6.20 Å². The van der Waals surface area contributed by atoms with Gasteiger partial charge in [0.05, 0.1) is 5.52 Å². The molecule has 104 valence electrons. The molecule has 1 aliphatic heterocycles. The van der Waals surface area contributed by atoms with Crippen LogP contribution >= 0.6 is 0 Å². The van der Waals surface area contributed by atoms with Gasteiger partial charge in [-0.3, -0.25) is 4.98 Å². The molecule has 0 radical (unpaired) electrons. The summed E-state index contributed by atoms with van der Waals surface area (Å²) in [5.41, 5.74) is 2.77. The lowest BCUT2D eigenvalue weighted by Crippen LogP contribution is -2.54. The van der Waals surface area contributed by atoms with Gasteiger partial charge in [0.15, 0.2) is 0 Å². The fraction of sp³-hybridized carbons (Fsp3) is 0.471. The first-order valence-corrected chi connectivity index (χ1v) is 7.51. The third-order valence-corrected chi connectivity index (χ3v) is 5.22. The van der Waals surface area contributed by atoms with Gasteiger partial charge in [0.2, 0.25) is 0 Å². The van der Waals surface area contributed by atoms with Gasteiger partial charge in [0, 0.05) is 24.7 Å². The number of nitrogens with zero attached hydrogens (tertiary/aromatic N) is 1. The minimum absolute atomic E-state index is 0.165. The second kappa shape index (κ2) is 4.52. The summed E-state index contributed by atoms with van der Waals surface area (Å²) in [6, 6.07) is 7.01. The second-order valence-corrected chi connectivity index (χ2v) is 6.44. The lowest BCUT2D eigenvalue weighted by Gasteiger charge is -2.47. The Morgan fingerprint density at radius 2 is 1.95 bits per heavy atom. The Bertz CT molecular complexity index is 638. The Kier molecular flexibility index (Phi) is 2.77. The van der Waals surface area contributed by atoms with E-state index >= 15 is 0 Å². The molecule has 0 bridgehead atoms. The van der Waals surface area contributed by atoms with Gasteiger partial charge in [-0.1, -0.05) is 0 Å². The molecule has 1 saturated heterocycles. The third kappa shape index (κ3) is 1.92. The van der Waals surface area contributed by atoms with E-state index in [1.165, 1.54) is 50.4 Å². The molecule has 2 heterocycles. The molecular weight excluding hydrogens is 251 g/mol. The first-order valence-electron chi connectivity index (χ1n) is 7.51. The highest BCUT2D eigenvalue weighted by atomic mass is 19.1. The Morgan fingerprint density at radius 3 is 2.65 bits per heavy atom. The average molecular weight is 270 g/mol. The van der Waals surface area contributed by atoms with Crippen LogP contribution in [0.4, 0.5) is 4.39 Å². The van der Waals surface area contributed by atoms with Crippen molar-refractivity contribution in [2.45, 2.75) is 31.6 Å². The van der Waals surface area contributed by atoms with Crippen LogP contribution in [0.3, 0.4) is 0 Å². The van der Waals surface area contributed by atoms with Crippen LogP contribution in [0.5, 0.6) is 0 Å². The van der Waals surface area contributed by atoms with E-state index < -0.39 is 0 Å². The number of halogens is 1. The number of hydrogen-bond acceptors (Lipinski definition) is 2. The summed E-state index contributed by atoms with van der Waals surface area (Å²) in [4.78, 5) is 4.36. The van der Waals surface area contributed by atoms with Gasteiger partial charge < -0.3 is 5.32 Å². The average Bonchev–Trinajstić information content (AvgIpc) is 2.45. The fourth-order valence-electron chi connectivity index (χ4n) is 3.87. The number of benzene rings is 1. The Labute approximate surface area is 118 Å². The summed E-state index contributed by atoms with van der Waals surface area (Å²) in [5.74, 6) is 0.399. The molecule has 1 spiro atoms. The van der Waals surface area contributed by atoms with Crippen LogP contribution < -0.4 is 5.32 Å². The van der Waals surface area contributed by atoms with Gasteiger partial charge in [-0.25, -0.2) is 4.39 Å². The maximum absolute atomic E-state index is 13.5. The van der Waals surface area contributed by atoms with E-state index in [9.17, 15) is 4.39 Å². The molecule has 0 unspecified atom stereocenters. The number of fused-ring (bicyclic) bond motifs is 1. The zero-order chi connectivity index (χ0) is 13.6. The highest BCUT2D eigenvalue weighted by molar-refractivity contribution is 5.82. The smallest absolute Gasteiger partial charge is 0.123 e. The van der Waals surface area contributed by atoms with E-state index in [4.69, 9.17) is 0 Å². The quantitative estimate of drug-likeness (QED) is 0.856. The second-order valence-electron chi connectivity index (χ2n) is 6.44. The summed E-state index contributed by atoms with van der Waals surface area (Å²) in [6.07, 6.45) is 6.90. The van der Waals surface area contributed by atoms with E-state index in [-0.39, 0.29) is 5.82 Å². The van der Waals surface area contributed by atoms with Crippen LogP contribution in [0.25, 0.3) is 10.9 Å². The minimum Gasteiger partial charge on any atom is -0.316 e. The van der Waals surface area contributed by atoms with Crippen LogP contribution in [-0.4, -0.2) is 18.1 Å². The SMILES string of the molecule is Fc1ccc2nccc(C3CCC4(CC3)CNC4)c2c1. The molecule has 2 aromatic rings. The summed E-state index contributed by atoms with van der Waals surface area (Å²) in [7, 11) is 0. The first-order chi connectivity index (χ1) is 9.76. The lowest BCUT2D eigenvalue weighted by atomic mass is 9.65. The predicted molar refractivity (Wildman–Crippen MR) is 78.2 cm³/mol. The third-order valence-electron chi connectivity index (χ3n) is 5.22. The van der Waals surface area contributed by atoms with Crippen molar-refractivity contribution in [1.29, 1.82) is 0 Å². The zero-order valence-electron chi connectivity index (χ0n) is 11.5. The van der Waals surface area contributed by atoms with Crippen LogP contribution in [0.2, 0.25) is 0 Å². The highest BCUT2D eigenvalue weighted by Crippen LogP contribution is 2.46. The van der Waals surface area contributed by atoms with E-state index in [2.05, 4.69) is 16.4 Å². The molecule has 1 N–H and O–H groups in total. The van der Waals surface area contributed by atoms with Gasteiger partial charge in [-0.15, -0.1) is 0 Å². The van der Waals surface area contributed by atoms with Gasteiger partial charge in [-0.2, -0.15) is 0 Å². The van der Waals surface area contributed by atoms with Crippen molar-refractivity contribution in [3.05, 3.63) is 41.8 Å². The molecule has 0 amide bonds. The standard InChI is InChI=1S/C17H19FN2/c18-13-1-2-16-15(9-13)14(5-8-20-16)12-3-6-17(7-4-12)10-19-11-17/h1-2,5,8-9,12,19H,3-4,6-7,10-11H2. The van der Waals surface area contributed by atoms with Crippen LogP contribution in [0.15, 0.2) is 30.5 Å². The number of hydrogen-bond donors (Lipinski definition) is 1. The molecule has 20 heavy (non-hydrogen) atoms. The number of rotatable bonds is 1. The van der Waals surface area contributed by atoms with Gasteiger partial charge in [0.25, 0.3) is 0 Å². The normalized spacial score (nSPS) is 22.1. The molecule has 1 aromatic carbocycles. The molecule has 2 nitrogen and oxygen atoms in total. The molecule has 1 aliphatic carbocycles. The van der Waals surface area contributed by atoms with Crippen molar-refractivity contribution in [2.75, 3.05) is 13.1 Å². The zero-order valence-corrected chi connectivity index (χ0v) is 11.5. The van der Waals surface area contributed by atoms with Crippen LogP contribution in [0, 0.1) is 11.2 Å². The Balaban J connectivity index is 1.67. The van der Waals surface area contributed by atoms with Crippen molar-refractivity contribution >= 4 is 10.9 Å². The van der Waals surface area contributed by atoms with Crippen molar-refractivity contribution in [2.24, 2.45) is 5.41 Å². The fourth-order valence-corrected chi connectivity index (χ4v) is 3.87. The van der Waals surface area contributed by atoms with Crippen LogP contribution in [-0.2, 0) is 0 Å². The van der Waals surface area contributed by atoms with Crippen molar-refractivity contribution in [3.8, 4) is 0 Å². The van der Waals surface area contributed by atoms with Gasteiger partial charge >= 0.3 is 0 Å². The monoisotopic (exact) mass is 270 g/mol. The largest absolute Gasteiger partial charge is 0.316 e. The molecule has 1 saturated carbocycles. The molecule has 2 fully saturated rings. The molecule has 0 atom stereocenters. The van der Waals surface area contributed by atoms with Crippen molar-refractivity contribution < 1.29 is 4.39 Å². The van der Waals surface area contributed by atoms with Gasteiger partial charge in [0.1, 0.15) is 5.82 Å². The molecule has 2 aliphatic rings. The highest BCUT2D eigenvalue weighted by Gasteiger charge is 2.40. The number of nitrogens with one attached hydrogen (secondary N) is 1. The molecule has 3 heteroatoms. The summed E-state index contributed by atoms with van der Waals surface area (Å²) in [6.45, 7) is 2.37.